The molecule has 0 aromatic carbocycles. The lowest BCUT2D eigenvalue weighted by Gasteiger charge is -2.30. The molecule has 1 unspecified atom stereocenters. The minimum Gasteiger partial charge on any atom is -0.329 e. The molecule has 0 saturated heterocycles. The molecule has 3 N–H and O–H groups in total. The molecule has 17 heavy (non-hydrogen) atoms. The lowest BCUT2D eigenvalue weighted by Crippen LogP contribution is -2.49. The summed E-state index contributed by atoms with van der Waals surface area (Å²) >= 11 is 0. The maximum absolute atomic E-state index is 11.9. The molecule has 1 atom stereocenters. The zero-order chi connectivity index (χ0) is 13.9. The van der Waals surface area contributed by atoms with Gasteiger partial charge in [0.05, 0.1) is 5.75 Å². The highest BCUT2D eigenvalue weighted by molar-refractivity contribution is 7.89. The molecule has 0 saturated carbocycles. The summed E-state index contributed by atoms with van der Waals surface area (Å²) in [5.41, 5.74) is 5.48. The Hall–Kier alpha value is -0.130. The number of rotatable bonds is 5. The Kier molecular flexibility index (Phi) is 5.63. The van der Waals surface area contributed by atoms with Crippen molar-refractivity contribution in [3.63, 3.8) is 0 Å². The average molecular weight is 264 g/mol. The van der Waals surface area contributed by atoms with E-state index in [2.05, 4.69) is 4.72 Å². The average Bonchev–Trinajstić information content (AvgIpc) is 2.08. The minimum atomic E-state index is -3.24. The van der Waals surface area contributed by atoms with Crippen LogP contribution in [0, 0.1) is 10.8 Å². The van der Waals surface area contributed by atoms with E-state index in [0.717, 1.165) is 0 Å². The first kappa shape index (κ1) is 16.9. The Morgan fingerprint density at radius 2 is 1.59 bits per heavy atom. The summed E-state index contributed by atoms with van der Waals surface area (Å²) in [6, 6.07) is -0.215. The van der Waals surface area contributed by atoms with Gasteiger partial charge in [-0.1, -0.05) is 41.5 Å². The minimum absolute atomic E-state index is 0.0225. The van der Waals surface area contributed by atoms with E-state index in [0.29, 0.717) is 13.0 Å². The number of sulfonamides is 1. The van der Waals surface area contributed by atoms with Crippen LogP contribution in [0.3, 0.4) is 0 Å². The first-order valence-electron chi connectivity index (χ1n) is 6.07. The van der Waals surface area contributed by atoms with E-state index in [1.165, 1.54) is 0 Å². The van der Waals surface area contributed by atoms with Crippen LogP contribution in [0.5, 0.6) is 0 Å². The fourth-order valence-electron chi connectivity index (χ4n) is 1.29. The highest BCUT2D eigenvalue weighted by Crippen LogP contribution is 2.21. The van der Waals surface area contributed by atoms with E-state index in [1.807, 2.05) is 41.5 Å². The predicted octanol–water partition coefficient (Wildman–Crippen LogP) is 1.72. The van der Waals surface area contributed by atoms with Crippen molar-refractivity contribution >= 4 is 10.0 Å². The molecule has 0 aromatic rings. The molecule has 0 spiro atoms. The van der Waals surface area contributed by atoms with Crippen molar-refractivity contribution < 1.29 is 8.42 Å². The quantitative estimate of drug-likeness (QED) is 0.794. The Morgan fingerprint density at radius 3 is 1.88 bits per heavy atom. The number of nitrogens with one attached hydrogen (secondary N) is 1. The molecule has 0 aliphatic heterocycles. The molecule has 0 aliphatic carbocycles. The third-order valence-corrected chi connectivity index (χ3v) is 4.11. The number of hydrogen-bond donors (Lipinski definition) is 2. The molecule has 5 heteroatoms. The van der Waals surface area contributed by atoms with Crippen LogP contribution in [0.15, 0.2) is 0 Å². The topological polar surface area (TPSA) is 72.2 Å². The fraction of sp³-hybridized carbons (Fsp3) is 1.00. The predicted molar refractivity (Wildman–Crippen MR) is 73.3 cm³/mol. The van der Waals surface area contributed by atoms with Crippen molar-refractivity contribution in [2.45, 2.75) is 54.0 Å². The van der Waals surface area contributed by atoms with E-state index in [1.54, 1.807) is 0 Å². The van der Waals surface area contributed by atoms with E-state index >= 15 is 0 Å². The second-order valence-corrected chi connectivity index (χ2v) is 8.78. The van der Waals surface area contributed by atoms with Gasteiger partial charge in [-0.3, -0.25) is 0 Å². The van der Waals surface area contributed by atoms with Crippen LogP contribution < -0.4 is 10.5 Å². The SMILES string of the molecule is CC(C)(C)CCS(=O)(=O)NC(CN)C(C)(C)C. The van der Waals surface area contributed by atoms with Gasteiger partial charge in [0.15, 0.2) is 0 Å². The van der Waals surface area contributed by atoms with Crippen LogP contribution in [0.2, 0.25) is 0 Å². The molecule has 0 radical (unpaired) electrons. The molecule has 0 amide bonds. The first-order valence-corrected chi connectivity index (χ1v) is 7.73. The van der Waals surface area contributed by atoms with Crippen molar-refractivity contribution in [1.82, 2.24) is 4.72 Å². The summed E-state index contributed by atoms with van der Waals surface area (Å²) in [6.45, 7) is 12.4. The Morgan fingerprint density at radius 1 is 1.12 bits per heavy atom. The normalized spacial score (nSPS) is 15.9. The van der Waals surface area contributed by atoms with Crippen LogP contribution in [0.4, 0.5) is 0 Å². The van der Waals surface area contributed by atoms with Crippen molar-refractivity contribution in [3.8, 4) is 0 Å². The Labute approximate surface area is 106 Å². The van der Waals surface area contributed by atoms with Gasteiger partial charge in [0.1, 0.15) is 0 Å². The molecule has 0 aromatic heterocycles. The molecule has 4 nitrogen and oxygen atoms in total. The van der Waals surface area contributed by atoms with Gasteiger partial charge in [-0.15, -0.1) is 0 Å². The fourth-order valence-corrected chi connectivity index (χ4v) is 3.18. The maximum Gasteiger partial charge on any atom is 0.211 e. The van der Waals surface area contributed by atoms with Gasteiger partial charge < -0.3 is 5.73 Å². The number of hydrogen-bond acceptors (Lipinski definition) is 3. The van der Waals surface area contributed by atoms with Gasteiger partial charge in [-0.25, -0.2) is 13.1 Å². The van der Waals surface area contributed by atoms with E-state index in [9.17, 15) is 8.42 Å². The van der Waals surface area contributed by atoms with Crippen LogP contribution in [0.25, 0.3) is 0 Å². The zero-order valence-corrected chi connectivity index (χ0v) is 12.8. The second kappa shape index (κ2) is 5.67. The molecular formula is C12H28N2O2S. The molecule has 0 rings (SSSR count). The summed E-state index contributed by atoms with van der Waals surface area (Å²) in [4.78, 5) is 0. The smallest absolute Gasteiger partial charge is 0.211 e. The van der Waals surface area contributed by atoms with Gasteiger partial charge in [0, 0.05) is 12.6 Å². The van der Waals surface area contributed by atoms with Crippen molar-refractivity contribution in [2.75, 3.05) is 12.3 Å². The van der Waals surface area contributed by atoms with Gasteiger partial charge in [0.25, 0.3) is 0 Å². The molecule has 0 fully saturated rings. The van der Waals surface area contributed by atoms with Crippen molar-refractivity contribution in [1.29, 1.82) is 0 Å². The van der Waals surface area contributed by atoms with Gasteiger partial charge in [0.2, 0.25) is 10.0 Å². The highest BCUT2D eigenvalue weighted by Gasteiger charge is 2.28. The molecule has 0 heterocycles. The van der Waals surface area contributed by atoms with Crippen LogP contribution in [-0.4, -0.2) is 26.8 Å². The van der Waals surface area contributed by atoms with E-state index in [-0.39, 0.29) is 22.6 Å². The van der Waals surface area contributed by atoms with Crippen LogP contribution in [0.1, 0.15) is 48.0 Å². The summed E-state index contributed by atoms with van der Waals surface area (Å²) in [5.74, 6) is 0.156. The summed E-state index contributed by atoms with van der Waals surface area (Å²) < 4.78 is 26.6. The zero-order valence-electron chi connectivity index (χ0n) is 12.0. The van der Waals surface area contributed by atoms with Gasteiger partial charge >= 0.3 is 0 Å². The molecule has 104 valence electrons. The third-order valence-electron chi connectivity index (χ3n) is 2.72. The molecule has 0 bridgehead atoms. The van der Waals surface area contributed by atoms with E-state index in [4.69, 9.17) is 5.73 Å². The van der Waals surface area contributed by atoms with Crippen LogP contribution >= 0.6 is 0 Å². The van der Waals surface area contributed by atoms with Crippen LogP contribution in [-0.2, 0) is 10.0 Å². The summed E-state index contributed by atoms with van der Waals surface area (Å²) in [6.07, 6.45) is 0.643. The molecular weight excluding hydrogens is 236 g/mol. The standard InChI is InChI=1S/C12H28N2O2S/c1-11(2,3)7-8-17(15,16)14-10(9-13)12(4,5)6/h10,14H,7-9,13H2,1-6H3. The van der Waals surface area contributed by atoms with Gasteiger partial charge in [-0.05, 0) is 17.3 Å². The first-order chi connectivity index (χ1) is 7.37. The third kappa shape index (κ3) is 7.73. The number of nitrogens with two attached hydrogens (primary N) is 1. The van der Waals surface area contributed by atoms with E-state index < -0.39 is 10.0 Å². The summed E-state index contributed by atoms with van der Waals surface area (Å²) in [5, 5.41) is 0. The highest BCUT2D eigenvalue weighted by atomic mass is 32.2. The monoisotopic (exact) mass is 264 g/mol. The lowest BCUT2D eigenvalue weighted by atomic mass is 9.88. The maximum atomic E-state index is 11.9. The molecule has 0 aliphatic rings. The Bertz CT molecular complexity index is 323. The van der Waals surface area contributed by atoms with Gasteiger partial charge in [-0.2, -0.15) is 0 Å². The largest absolute Gasteiger partial charge is 0.329 e. The lowest BCUT2D eigenvalue weighted by molar-refractivity contribution is 0.303. The Balaban J connectivity index is 4.54. The van der Waals surface area contributed by atoms with Crippen molar-refractivity contribution in [2.24, 2.45) is 16.6 Å². The summed E-state index contributed by atoms with van der Waals surface area (Å²) in [7, 11) is -3.24. The van der Waals surface area contributed by atoms with Crippen molar-refractivity contribution in [3.05, 3.63) is 0 Å². The second-order valence-electron chi connectivity index (χ2n) is 6.90.